The van der Waals surface area contributed by atoms with Crippen molar-refractivity contribution < 1.29 is 23.5 Å². The molecule has 190 valence electrons. The molecule has 0 saturated carbocycles. The zero-order chi connectivity index (χ0) is 26.1. The van der Waals surface area contributed by atoms with Crippen LogP contribution in [-0.2, 0) is 9.59 Å². The average Bonchev–Trinajstić information content (AvgIpc) is 3.23. The Bertz CT molecular complexity index is 1310. The summed E-state index contributed by atoms with van der Waals surface area (Å²) in [6.45, 7) is 1.61. The Morgan fingerprint density at radius 1 is 0.973 bits per heavy atom. The molecular weight excluding hydrogens is 477 g/mol. The molecule has 0 bridgehead atoms. The van der Waals surface area contributed by atoms with Gasteiger partial charge in [0.05, 0.1) is 24.0 Å². The first kappa shape index (κ1) is 24.4. The SMILES string of the molecule is CN(C)C(=O)C1CN(c2ncc(N3CC[C@@H](Oc4ccc(C(=O)c5ccc(F)cc5)cc4)C3=O)cn2)C1. The number of rotatable bonds is 7. The summed E-state index contributed by atoms with van der Waals surface area (Å²) in [6, 6.07) is 11.9. The van der Waals surface area contributed by atoms with E-state index in [2.05, 4.69) is 9.97 Å². The third kappa shape index (κ3) is 5.00. The van der Waals surface area contributed by atoms with Gasteiger partial charge in [-0.05, 0) is 48.5 Å². The van der Waals surface area contributed by atoms with E-state index in [9.17, 15) is 18.8 Å². The van der Waals surface area contributed by atoms with Crippen LogP contribution in [0.15, 0.2) is 60.9 Å². The Labute approximate surface area is 213 Å². The molecule has 0 aliphatic carbocycles. The largest absolute Gasteiger partial charge is 0.481 e. The second kappa shape index (κ2) is 9.96. The fraction of sp³-hybridized carbons (Fsp3) is 0.296. The molecule has 2 aromatic carbocycles. The highest BCUT2D eigenvalue weighted by molar-refractivity contribution is 6.09. The normalized spacial score (nSPS) is 17.5. The van der Waals surface area contributed by atoms with Crippen LogP contribution >= 0.6 is 0 Å². The Kier molecular flexibility index (Phi) is 6.56. The van der Waals surface area contributed by atoms with Crippen molar-refractivity contribution in [3.8, 4) is 5.75 Å². The Hall–Kier alpha value is -4.34. The van der Waals surface area contributed by atoms with Crippen LogP contribution in [0.3, 0.4) is 0 Å². The summed E-state index contributed by atoms with van der Waals surface area (Å²) in [4.78, 5) is 51.4. The minimum atomic E-state index is -0.661. The van der Waals surface area contributed by atoms with E-state index in [1.807, 2.05) is 4.90 Å². The van der Waals surface area contributed by atoms with Gasteiger partial charge in [0.1, 0.15) is 11.6 Å². The first-order chi connectivity index (χ1) is 17.8. The van der Waals surface area contributed by atoms with E-state index in [4.69, 9.17) is 4.74 Å². The lowest BCUT2D eigenvalue weighted by molar-refractivity contribution is -0.133. The van der Waals surface area contributed by atoms with Gasteiger partial charge >= 0.3 is 0 Å². The van der Waals surface area contributed by atoms with Crippen LogP contribution in [0.1, 0.15) is 22.3 Å². The van der Waals surface area contributed by atoms with E-state index in [-0.39, 0.29) is 23.5 Å². The Morgan fingerprint density at radius 3 is 2.16 bits per heavy atom. The van der Waals surface area contributed by atoms with Gasteiger partial charge in [-0.1, -0.05) is 0 Å². The first-order valence-electron chi connectivity index (χ1n) is 12.0. The second-order valence-electron chi connectivity index (χ2n) is 9.32. The first-order valence-corrected chi connectivity index (χ1v) is 12.0. The van der Waals surface area contributed by atoms with Gasteiger partial charge in [0, 0.05) is 51.3 Å². The van der Waals surface area contributed by atoms with Gasteiger partial charge < -0.3 is 19.4 Å². The maximum atomic E-state index is 13.1. The quantitative estimate of drug-likeness (QED) is 0.457. The number of carbonyl (C=O) groups is 3. The smallest absolute Gasteiger partial charge is 0.268 e. The summed E-state index contributed by atoms with van der Waals surface area (Å²) < 4.78 is 19.0. The number of carbonyl (C=O) groups excluding carboxylic acids is 3. The van der Waals surface area contributed by atoms with Gasteiger partial charge in [-0.15, -0.1) is 0 Å². The van der Waals surface area contributed by atoms with E-state index in [1.165, 1.54) is 24.3 Å². The van der Waals surface area contributed by atoms with Gasteiger partial charge in [0.2, 0.25) is 11.9 Å². The lowest BCUT2D eigenvalue weighted by atomic mass is 9.99. The number of ether oxygens (including phenoxy) is 1. The third-order valence-corrected chi connectivity index (χ3v) is 6.55. The predicted molar refractivity (Wildman–Crippen MR) is 134 cm³/mol. The van der Waals surface area contributed by atoms with Crippen LogP contribution in [0.4, 0.5) is 16.0 Å². The molecule has 37 heavy (non-hydrogen) atoms. The van der Waals surface area contributed by atoms with E-state index < -0.39 is 11.9 Å². The van der Waals surface area contributed by atoms with Gasteiger partial charge in [0.25, 0.3) is 5.91 Å². The predicted octanol–water partition coefficient (Wildman–Crippen LogP) is 2.56. The van der Waals surface area contributed by atoms with Crippen LogP contribution in [0.5, 0.6) is 5.75 Å². The van der Waals surface area contributed by atoms with Crippen LogP contribution in [0, 0.1) is 11.7 Å². The molecule has 2 amide bonds. The number of hydrogen-bond donors (Lipinski definition) is 0. The zero-order valence-electron chi connectivity index (χ0n) is 20.5. The number of nitrogens with zero attached hydrogens (tertiary/aromatic N) is 5. The highest BCUT2D eigenvalue weighted by Crippen LogP contribution is 2.27. The topological polar surface area (TPSA) is 95.9 Å². The number of ketones is 1. The van der Waals surface area contributed by atoms with Crippen molar-refractivity contribution in [3.63, 3.8) is 0 Å². The number of hydrogen-bond acceptors (Lipinski definition) is 7. The molecule has 0 spiro atoms. The molecular formula is C27H26FN5O4. The van der Waals surface area contributed by atoms with Crippen molar-refractivity contribution >= 4 is 29.2 Å². The monoisotopic (exact) mass is 503 g/mol. The summed E-state index contributed by atoms with van der Waals surface area (Å²) in [6.07, 6.45) is 3.06. The van der Waals surface area contributed by atoms with E-state index in [0.717, 1.165) is 0 Å². The molecule has 2 aliphatic heterocycles. The lowest BCUT2D eigenvalue weighted by Gasteiger charge is -2.39. The molecule has 3 heterocycles. The summed E-state index contributed by atoms with van der Waals surface area (Å²) in [5, 5.41) is 0. The molecule has 1 atom stereocenters. The standard InChI is InChI=1S/C27H26FN5O4/c1-31(2)25(35)19-15-32(16-19)27-29-13-21(14-30-27)33-12-11-23(26(33)36)37-22-9-5-18(6-10-22)24(34)17-3-7-20(28)8-4-17/h3-10,13-14,19,23H,11-12,15-16H2,1-2H3/t23-/m1/s1. The van der Waals surface area contributed by atoms with Crippen molar-refractivity contribution in [3.05, 3.63) is 77.9 Å². The van der Waals surface area contributed by atoms with Crippen molar-refractivity contribution in [1.29, 1.82) is 0 Å². The fourth-order valence-corrected chi connectivity index (χ4v) is 4.42. The van der Waals surface area contributed by atoms with Crippen LogP contribution in [-0.4, -0.2) is 72.3 Å². The van der Waals surface area contributed by atoms with E-state index >= 15 is 0 Å². The Balaban J connectivity index is 1.17. The summed E-state index contributed by atoms with van der Waals surface area (Å²) in [5.74, 6) is 0.228. The highest BCUT2D eigenvalue weighted by Gasteiger charge is 2.37. The van der Waals surface area contributed by atoms with Gasteiger partial charge in [-0.25, -0.2) is 14.4 Å². The number of amides is 2. The fourth-order valence-electron chi connectivity index (χ4n) is 4.42. The summed E-state index contributed by atoms with van der Waals surface area (Å²) >= 11 is 0. The molecule has 10 heteroatoms. The number of anilines is 2. The van der Waals surface area contributed by atoms with Gasteiger partial charge in [-0.3, -0.25) is 14.4 Å². The molecule has 0 unspecified atom stereocenters. The maximum absolute atomic E-state index is 13.1. The minimum absolute atomic E-state index is 0.0496. The number of aromatic nitrogens is 2. The second-order valence-corrected chi connectivity index (χ2v) is 9.32. The van der Waals surface area contributed by atoms with E-state index in [1.54, 1.807) is 60.6 Å². The summed E-state index contributed by atoms with van der Waals surface area (Å²) in [5.41, 5.74) is 1.41. The van der Waals surface area contributed by atoms with Crippen LogP contribution < -0.4 is 14.5 Å². The lowest BCUT2D eigenvalue weighted by Crippen LogP contribution is -2.54. The molecule has 2 aliphatic rings. The molecule has 2 fully saturated rings. The Morgan fingerprint density at radius 2 is 1.57 bits per heavy atom. The molecule has 0 radical (unpaired) electrons. The molecule has 2 saturated heterocycles. The molecule has 5 rings (SSSR count). The van der Waals surface area contributed by atoms with E-state index in [0.29, 0.717) is 54.6 Å². The van der Waals surface area contributed by atoms with Crippen molar-refractivity contribution in [1.82, 2.24) is 14.9 Å². The van der Waals surface area contributed by atoms with Crippen molar-refractivity contribution in [2.45, 2.75) is 12.5 Å². The number of benzene rings is 2. The highest BCUT2D eigenvalue weighted by atomic mass is 19.1. The van der Waals surface area contributed by atoms with Gasteiger partial charge in [-0.2, -0.15) is 0 Å². The van der Waals surface area contributed by atoms with Crippen LogP contribution in [0.2, 0.25) is 0 Å². The summed E-state index contributed by atoms with van der Waals surface area (Å²) in [7, 11) is 3.49. The molecule has 3 aromatic rings. The third-order valence-electron chi connectivity index (χ3n) is 6.55. The average molecular weight is 504 g/mol. The van der Waals surface area contributed by atoms with Crippen molar-refractivity contribution in [2.24, 2.45) is 5.92 Å². The minimum Gasteiger partial charge on any atom is -0.481 e. The zero-order valence-corrected chi connectivity index (χ0v) is 20.5. The number of halogens is 1. The van der Waals surface area contributed by atoms with Crippen LogP contribution in [0.25, 0.3) is 0 Å². The molecule has 1 aromatic heterocycles. The van der Waals surface area contributed by atoms with Crippen molar-refractivity contribution in [2.75, 3.05) is 43.5 Å². The maximum Gasteiger partial charge on any atom is 0.268 e. The molecule has 9 nitrogen and oxygen atoms in total. The molecule has 0 N–H and O–H groups in total. The van der Waals surface area contributed by atoms with Gasteiger partial charge in [0.15, 0.2) is 11.9 Å².